The van der Waals surface area contributed by atoms with Gasteiger partial charge in [-0.15, -0.1) is 0 Å². The molecule has 1 heteroatoms. The third-order valence-corrected chi connectivity index (χ3v) is 1.77. The summed E-state index contributed by atoms with van der Waals surface area (Å²) in [5.41, 5.74) is 2.84. The summed E-state index contributed by atoms with van der Waals surface area (Å²) in [5, 5.41) is 0. The Morgan fingerprint density at radius 2 is 1.56 bits per heavy atom. The van der Waals surface area contributed by atoms with Gasteiger partial charge in [-0.2, -0.15) is 0 Å². The molecular formula is C8H11Zr. The van der Waals surface area contributed by atoms with Crippen LogP contribution in [0, 0.1) is 5.92 Å². The first-order valence-electron chi connectivity index (χ1n) is 2.91. The topological polar surface area (TPSA) is 0 Å². The van der Waals surface area contributed by atoms with Crippen LogP contribution in [-0.2, 0) is 26.2 Å². The first-order chi connectivity index (χ1) is 3.72. The molecule has 0 saturated carbocycles. The van der Waals surface area contributed by atoms with Gasteiger partial charge in [0.1, 0.15) is 0 Å². The maximum Gasteiger partial charge on any atom is 0.0194 e. The summed E-state index contributed by atoms with van der Waals surface area (Å²) in [6.45, 7) is 6.44. The Labute approximate surface area is 76.2 Å². The van der Waals surface area contributed by atoms with Gasteiger partial charge >= 0.3 is 0 Å². The van der Waals surface area contributed by atoms with Gasteiger partial charge in [-0.25, -0.2) is 0 Å². The van der Waals surface area contributed by atoms with E-state index in [2.05, 4.69) is 32.9 Å². The molecule has 47 valence electrons. The van der Waals surface area contributed by atoms with Gasteiger partial charge in [0.15, 0.2) is 0 Å². The van der Waals surface area contributed by atoms with Crippen LogP contribution in [-0.4, -0.2) is 0 Å². The molecule has 0 bridgehead atoms. The zero-order chi connectivity index (χ0) is 6.15. The van der Waals surface area contributed by atoms with E-state index in [0.29, 0.717) is 0 Å². The third-order valence-electron chi connectivity index (χ3n) is 1.77. The molecule has 0 aromatic carbocycles. The van der Waals surface area contributed by atoms with Crippen LogP contribution >= 0.6 is 0 Å². The quantitative estimate of drug-likeness (QED) is 0.561. The number of rotatable bonds is 0. The van der Waals surface area contributed by atoms with E-state index in [0.717, 1.165) is 0 Å². The van der Waals surface area contributed by atoms with Crippen molar-refractivity contribution in [2.24, 2.45) is 0 Å². The molecule has 0 N–H and O–H groups in total. The second-order valence-corrected chi connectivity index (χ2v) is 2.32. The second-order valence-electron chi connectivity index (χ2n) is 2.32. The van der Waals surface area contributed by atoms with Crippen molar-refractivity contribution in [1.29, 1.82) is 0 Å². The van der Waals surface area contributed by atoms with E-state index in [1.54, 1.807) is 0 Å². The van der Waals surface area contributed by atoms with Crippen molar-refractivity contribution in [2.45, 2.75) is 20.8 Å². The average Bonchev–Trinajstić information content (AvgIpc) is 1.98. The average molecular weight is 198 g/mol. The maximum absolute atomic E-state index is 2.16. The summed E-state index contributed by atoms with van der Waals surface area (Å²) >= 11 is 0. The van der Waals surface area contributed by atoms with Crippen LogP contribution in [0.1, 0.15) is 20.8 Å². The van der Waals surface area contributed by atoms with E-state index in [4.69, 9.17) is 0 Å². The number of hydrogen-bond acceptors (Lipinski definition) is 0. The maximum atomic E-state index is 2.16. The molecule has 0 aromatic rings. The van der Waals surface area contributed by atoms with Crippen molar-refractivity contribution >= 4 is 0 Å². The minimum Gasteiger partial charge on any atom is -0.0731 e. The Morgan fingerprint density at radius 3 is 1.67 bits per heavy atom. The van der Waals surface area contributed by atoms with Gasteiger partial charge in [-0.3, -0.25) is 0 Å². The standard InChI is InChI=1S/C8H11.Zr/c1-6-4-5-7(2)8(6)3;/h4-5H,1-3H3;. The van der Waals surface area contributed by atoms with E-state index in [1.807, 2.05) is 0 Å². The zero-order valence-electron chi connectivity index (χ0n) is 6.15. The molecule has 0 fully saturated rings. The molecule has 1 aliphatic carbocycles. The number of hydrogen-bond donors (Lipinski definition) is 0. The second kappa shape index (κ2) is 3.51. The van der Waals surface area contributed by atoms with Gasteiger partial charge in [0.05, 0.1) is 0 Å². The predicted molar refractivity (Wildman–Crippen MR) is 36.4 cm³/mol. The summed E-state index contributed by atoms with van der Waals surface area (Å²) in [4.78, 5) is 0. The fraction of sp³-hybridized carbons (Fsp3) is 0.375. The van der Waals surface area contributed by atoms with Crippen molar-refractivity contribution in [3.63, 3.8) is 0 Å². The largest absolute Gasteiger partial charge is 0.0731 e. The summed E-state index contributed by atoms with van der Waals surface area (Å²) in [7, 11) is 0. The van der Waals surface area contributed by atoms with E-state index in [-0.39, 0.29) is 26.2 Å². The first-order valence-corrected chi connectivity index (χ1v) is 2.91. The SMILES string of the molecule is C[C]1C=CC(C)=C1C.[Zr]. The van der Waals surface area contributed by atoms with Gasteiger partial charge in [0.2, 0.25) is 0 Å². The Hall–Kier alpha value is 0.363. The third kappa shape index (κ3) is 1.90. The monoisotopic (exact) mass is 197 g/mol. The summed E-state index contributed by atoms with van der Waals surface area (Å²) in [5.74, 6) is 1.41. The van der Waals surface area contributed by atoms with Crippen LogP contribution in [0.15, 0.2) is 23.3 Å². The van der Waals surface area contributed by atoms with Crippen LogP contribution < -0.4 is 0 Å². The summed E-state index contributed by atoms with van der Waals surface area (Å²) < 4.78 is 0. The zero-order valence-corrected chi connectivity index (χ0v) is 8.61. The fourth-order valence-electron chi connectivity index (χ4n) is 0.811. The molecule has 0 unspecified atom stereocenters. The Balaban J connectivity index is 0.000000640. The smallest absolute Gasteiger partial charge is 0.0194 e. The van der Waals surface area contributed by atoms with Crippen molar-refractivity contribution in [3.05, 3.63) is 29.2 Å². The summed E-state index contributed by atoms with van der Waals surface area (Å²) in [6, 6.07) is 0. The van der Waals surface area contributed by atoms with Gasteiger partial charge in [0, 0.05) is 32.1 Å². The van der Waals surface area contributed by atoms with Gasteiger partial charge < -0.3 is 0 Å². The Bertz CT molecular complexity index is 154. The molecule has 0 spiro atoms. The molecule has 0 saturated heterocycles. The normalized spacial score (nSPS) is 18.6. The minimum absolute atomic E-state index is 0. The summed E-state index contributed by atoms with van der Waals surface area (Å²) in [6.07, 6.45) is 4.31. The van der Waals surface area contributed by atoms with Crippen LogP contribution in [0.5, 0.6) is 0 Å². The molecule has 0 amide bonds. The van der Waals surface area contributed by atoms with Gasteiger partial charge in [-0.1, -0.05) is 30.2 Å². The predicted octanol–water partition coefficient (Wildman–Crippen LogP) is 2.48. The molecule has 9 heavy (non-hydrogen) atoms. The van der Waals surface area contributed by atoms with E-state index in [9.17, 15) is 0 Å². The van der Waals surface area contributed by atoms with Crippen LogP contribution in [0.2, 0.25) is 0 Å². The van der Waals surface area contributed by atoms with Crippen molar-refractivity contribution in [1.82, 2.24) is 0 Å². The molecule has 0 aliphatic heterocycles. The molecular weight excluding hydrogens is 187 g/mol. The van der Waals surface area contributed by atoms with Gasteiger partial charge in [0.25, 0.3) is 0 Å². The van der Waals surface area contributed by atoms with E-state index >= 15 is 0 Å². The van der Waals surface area contributed by atoms with E-state index in [1.165, 1.54) is 17.1 Å². The molecule has 1 radical (unpaired) electrons. The van der Waals surface area contributed by atoms with Crippen LogP contribution in [0.3, 0.4) is 0 Å². The van der Waals surface area contributed by atoms with Crippen LogP contribution in [0.4, 0.5) is 0 Å². The fourth-order valence-corrected chi connectivity index (χ4v) is 0.811. The number of allylic oxidation sites excluding steroid dienone is 4. The van der Waals surface area contributed by atoms with Gasteiger partial charge in [-0.05, 0) is 13.8 Å². The molecule has 0 atom stereocenters. The van der Waals surface area contributed by atoms with Crippen molar-refractivity contribution < 1.29 is 26.2 Å². The minimum atomic E-state index is 0. The first kappa shape index (κ1) is 9.36. The van der Waals surface area contributed by atoms with Crippen molar-refractivity contribution in [2.75, 3.05) is 0 Å². The molecule has 0 aromatic heterocycles. The van der Waals surface area contributed by atoms with E-state index < -0.39 is 0 Å². The molecule has 0 nitrogen and oxygen atoms in total. The molecule has 1 aliphatic rings. The molecule has 0 heterocycles. The van der Waals surface area contributed by atoms with Crippen molar-refractivity contribution in [3.8, 4) is 0 Å². The molecule has 1 rings (SSSR count). The Kier molecular flexibility index (Phi) is 3.65. The Morgan fingerprint density at radius 1 is 1.00 bits per heavy atom. The van der Waals surface area contributed by atoms with Crippen LogP contribution in [0.25, 0.3) is 0 Å².